The summed E-state index contributed by atoms with van der Waals surface area (Å²) < 4.78 is 5.07. The second-order valence-corrected chi connectivity index (χ2v) is 4.17. The van der Waals surface area contributed by atoms with Gasteiger partial charge in [-0.1, -0.05) is 23.2 Å². The summed E-state index contributed by atoms with van der Waals surface area (Å²) in [7, 11) is 1.58. The molecule has 14 heavy (non-hydrogen) atoms. The van der Waals surface area contributed by atoms with Crippen molar-refractivity contribution in [1.29, 1.82) is 0 Å². The minimum Gasteiger partial charge on any atom is -0.448 e. The molecule has 1 amide bonds. The molecule has 0 unspecified atom stereocenters. The maximum Gasteiger partial charge on any atom is 0.256 e. The molecule has 0 aliphatic rings. The van der Waals surface area contributed by atoms with Gasteiger partial charge >= 0.3 is 0 Å². The molecule has 0 atom stereocenters. The molecule has 0 aliphatic heterocycles. The highest BCUT2D eigenvalue weighted by atomic mass is 35.5. The van der Waals surface area contributed by atoms with Crippen molar-refractivity contribution < 1.29 is 9.21 Å². The van der Waals surface area contributed by atoms with E-state index in [9.17, 15) is 4.79 Å². The van der Waals surface area contributed by atoms with Gasteiger partial charge < -0.3 is 9.32 Å². The predicted molar refractivity (Wildman–Crippen MR) is 55.7 cm³/mol. The normalized spacial score (nSPS) is 10.6. The maximum atomic E-state index is 11.2. The van der Waals surface area contributed by atoms with E-state index in [1.165, 1.54) is 4.90 Å². The summed E-state index contributed by atoms with van der Waals surface area (Å²) >= 11 is 16.4. The van der Waals surface area contributed by atoms with Crippen LogP contribution in [0.25, 0.3) is 0 Å². The summed E-state index contributed by atoms with van der Waals surface area (Å²) in [4.78, 5) is 11.6. The van der Waals surface area contributed by atoms with E-state index in [2.05, 4.69) is 0 Å². The van der Waals surface area contributed by atoms with Gasteiger partial charge in [0.1, 0.15) is 5.76 Å². The Bertz CT molecular complexity index is 324. The topological polar surface area (TPSA) is 33.5 Å². The van der Waals surface area contributed by atoms with E-state index < -0.39 is 4.84 Å². The number of carbonyl (C=O) groups is 1. The first kappa shape index (κ1) is 11.7. The maximum absolute atomic E-state index is 11.2. The van der Waals surface area contributed by atoms with Crippen LogP contribution in [-0.2, 0) is 11.3 Å². The number of alkyl halides is 2. The van der Waals surface area contributed by atoms with Gasteiger partial charge in [-0.15, -0.1) is 0 Å². The molecule has 6 heteroatoms. The Morgan fingerprint density at radius 3 is 2.64 bits per heavy atom. The molecule has 0 saturated heterocycles. The van der Waals surface area contributed by atoms with Crippen LogP contribution in [0.15, 0.2) is 16.5 Å². The lowest BCUT2D eigenvalue weighted by atomic mass is 10.4. The lowest BCUT2D eigenvalue weighted by Gasteiger charge is -2.15. The fourth-order valence-corrected chi connectivity index (χ4v) is 1.41. The van der Waals surface area contributed by atoms with Crippen molar-refractivity contribution in [2.75, 3.05) is 7.05 Å². The molecule has 78 valence electrons. The predicted octanol–water partition coefficient (Wildman–Crippen LogP) is 2.70. The van der Waals surface area contributed by atoms with Crippen molar-refractivity contribution >= 4 is 40.7 Å². The van der Waals surface area contributed by atoms with Crippen LogP contribution in [0.4, 0.5) is 0 Å². The molecule has 0 saturated carbocycles. The smallest absolute Gasteiger partial charge is 0.256 e. The van der Waals surface area contributed by atoms with Crippen LogP contribution < -0.4 is 0 Å². The first-order valence-corrected chi connectivity index (χ1v) is 5.03. The van der Waals surface area contributed by atoms with Crippen molar-refractivity contribution in [1.82, 2.24) is 4.90 Å². The van der Waals surface area contributed by atoms with Gasteiger partial charge in [0.15, 0.2) is 10.1 Å². The van der Waals surface area contributed by atoms with Gasteiger partial charge in [-0.25, -0.2) is 0 Å². The highest BCUT2D eigenvalue weighted by molar-refractivity contribution is 6.53. The average Bonchev–Trinajstić information content (AvgIpc) is 2.49. The summed E-state index contributed by atoms with van der Waals surface area (Å²) in [6.07, 6.45) is 0. The Morgan fingerprint density at radius 2 is 2.21 bits per heavy atom. The van der Waals surface area contributed by atoms with Crippen LogP contribution in [0, 0.1) is 0 Å². The van der Waals surface area contributed by atoms with E-state index in [0.717, 1.165) is 0 Å². The van der Waals surface area contributed by atoms with Crippen molar-refractivity contribution in [3.63, 3.8) is 0 Å². The number of furan rings is 1. The number of amides is 1. The van der Waals surface area contributed by atoms with Gasteiger partial charge in [0.2, 0.25) is 0 Å². The quantitative estimate of drug-likeness (QED) is 0.779. The first-order chi connectivity index (χ1) is 6.50. The zero-order valence-electron chi connectivity index (χ0n) is 7.34. The molecule has 1 rings (SSSR count). The molecule has 0 bridgehead atoms. The largest absolute Gasteiger partial charge is 0.448 e. The van der Waals surface area contributed by atoms with Crippen molar-refractivity contribution in [2.45, 2.75) is 11.4 Å². The Balaban J connectivity index is 2.57. The molecule has 0 fully saturated rings. The zero-order valence-corrected chi connectivity index (χ0v) is 9.60. The van der Waals surface area contributed by atoms with Gasteiger partial charge in [-0.3, -0.25) is 4.79 Å². The molecule has 1 aromatic heterocycles. The molecule has 1 aromatic rings. The Kier molecular flexibility index (Phi) is 4.11. The van der Waals surface area contributed by atoms with Crippen molar-refractivity contribution in [3.8, 4) is 0 Å². The molecule has 0 N–H and O–H groups in total. The summed E-state index contributed by atoms with van der Waals surface area (Å²) in [5, 5.41) is 0.286. The van der Waals surface area contributed by atoms with Crippen molar-refractivity contribution in [3.05, 3.63) is 23.1 Å². The molecule has 0 spiro atoms. The number of hydrogen-bond acceptors (Lipinski definition) is 2. The summed E-state index contributed by atoms with van der Waals surface area (Å²) in [6, 6.07) is 3.29. The molecule has 0 aliphatic carbocycles. The standard InChI is InChI=1S/C8H8Cl3NO2/c1-12(8(13)7(10)11)4-5-2-3-6(9)14-5/h2-3,7H,4H2,1H3. The van der Waals surface area contributed by atoms with E-state index in [1.54, 1.807) is 19.2 Å². The van der Waals surface area contributed by atoms with Crippen LogP contribution in [0.1, 0.15) is 5.76 Å². The Morgan fingerprint density at radius 1 is 1.57 bits per heavy atom. The third-order valence-electron chi connectivity index (χ3n) is 1.58. The number of hydrogen-bond donors (Lipinski definition) is 0. The van der Waals surface area contributed by atoms with E-state index in [0.29, 0.717) is 12.3 Å². The monoisotopic (exact) mass is 255 g/mol. The Labute approximate surface area is 96.5 Å². The minimum absolute atomic E-state index is 0.286. The first-order valence-electron chi connectivity index (χ1n) is 3.78. The molecule has 3 nitrogen and oxygen atoms in total. The van der Waals surface area contributed by atoms with Crippen LogP contribution in [0.5, 0.6) is 0 Å². The lowest BCUT2D eigenvalue weighted by molar-refractivity contribution is -0.128. The third kappa shape index (κ3) is 3.08. The molecule has 0 radical (unpaired) electrons. The number of halogens is 3. The summed E-state index contributed by atoms with van der Waals surface area (Å²) in [5.41, 5.74) is 0. The van der Waals surface area contributed by atoms with E-state index in [-0.39, 0.29) is 11.1 Å². The van der Waals surface area contributed by atoms with Gasteiger partial charge in [-0.05, 0) is 23.7 Å². The van der Waals surface area contributed by atoms with Gasteiger partial charge in [0.05, 0.1) is 6.54 Å². The minimum atomic E-state index is -1.05. The van der Waals surface area contributed by atoms with Crippen LogP contribution >= 0.6 is 34.8 Å². The fraction of sp³-hybridized carbons (Fsp3) is 0.375. The lowest BCUT2D eigenvalue weighted by Crippen LogP contribution is -2.30. The highest BCUT2D eigenvalue weighted by Crippen LogP contribution is 2.15. The summed E-state index contributed by atoms with van der Waals surface area (Å²) in [6.45, 7) is 0.293. The number of rotatable bonds is 3. The number of carbonyl (C=O) groups excluding carboxylic acids is 1. The third-order valence-corrected chi connectivity index (χ3v) is 2.16. The number of nitrogens with zero attached hydrogens (tertiary/aromatic N) is 1. The SMILES string of the molecule is CN(Cc1ccc(Cl)o1)C(=O)C(Cl)Cl. The molecule has 0 aromatic carbocycles. The Hall–Kier alpha value is -0.380. The highest BCUT2D eigenvalue weighted by Gasteiger charge is 2.17. The van der Waals surface area contributed by atoms with Gasteiger partial charge in [-0.2, -0.15) is 0 Å². The van der Waals surface area contributed by atoms with Crippen LogP contribution in [-0.4, -0.2) is 22.7 Å². The van der Waals surface area contributed by atoms with Gasteiger partial charge in [0.25, 0.3) is 5.91 Å². The average molecular weight is 257 g/mol. The fourth-order valence-electron chi connectivity index (χ4n) is 0.915. The van der Waals surface area contributed by atoms with E-state index in [1.807, 2.05) is 0 Å². The second-order valence-electron chi connectivity index (χ2n) is 2.70. The van der Waals surface area contributed by atoms with Gasteiger partial charge in [0, 0.05) is 7.05 Å². The second kappa shape index (κ2) is 4.91. The van der Waals surface area contributed by atoms with Crippen LogP contribution in [0.2, 0.25) is 5.22 Å². The summed E-state index contributed by atoms with van der Waals surface area (Å²) in [5.74, 6) is 0.209. The molecular formula is C8H8Cl3NO2. The zero-order chi connectivity index (χ0) is 10.7. The van der Waals surface area contributed by atoms with E-state index >= 15 is 0 Å². The van der Waals surface area contributed by atoms with Crippen LogP contribution in [0.3, 0.4) is 0 Å². The van der Waals surface area contributed by atoms with E-state index in [4.69, 9.17) is 39.2 Å². The van der Waals surface area contributed by atoms with Crippen molar-refractivity contribution in [2.24, 2.45) is 0 Å². The molecule has 1 heterocycles. The molecular weight excluding hydrogens is 248 g/mol.